The molecule has 0 saturated heterocycles. The standard InChI is InChI=1S/C16H24N4O.ClH/c1-12-6-5-7-20-14(21)8-13(18-15(12)20)9-19(4)11-16(2,3)10-17;/h5-8H,9-11,17H2,1-4H3;1H. The lowest BCUT2D eigenvalue weighted by Crippen LogP contribution is -2.36. The fourth-order valence-corrected chi connectivity index (χ4v) is 2.52. The molecule has 2 N–H and O–H groups in total. The molecule has 0 aliphatic carbocycles. The fourth-order valence-electron chi connectivity index (χ4n) is 2.52. The second kappa shape index (κ2) is 7.22. The van der Waals surface area contributed by atoms with E-state index in [9.17, 15) is 4.79 Å². The van der Waals surface area contributed by atoms with Gasteiger partial charge < -0.3 is 5.73 Å². The summed E-state index contributed by atoms with van der Waals surface area (Å²) < 4.78 is 1.59. The molecular formula is C16H25ClN4O. The average Bonchev–Trinajstić information content (AvgIpc) is 2.39. The lowest BCUT2D eigenvalue weighted by Gasteiger charge is -2.28. The monoisotopic (exact) mass is 324 g/mol. The van der Waals surface area contributed by atoms with Gasteiger partial charge in [-0.25, -0.2) is 4.98 Å². The van der Waals surface area contributed by atoms with E-state index in [1.807, 2.05) is 26.1 Å². The molecule has 5 nitrogen and oxygen atoms in total. The van der Waals surface area contributed by atoms with E-state index in [4.69, 9.17) is 5.73 Å². The number of nitrogens with zero attached hydrogens (tertiary/aromatic N) is 3. The molecule has 0 spiro atoms. The number of fused-ring (bicyclic) bond motifs is 1. The molecule has 0 aliphatic rings. The van der Waals surface area contributed by atoms with Crippen LogP contribution in [-0.2, 0) is 6.54 Å². The van der Waals surface area contributed by atoms with Crippen LogP contribution in [0.3, 0.4) is 0 Å². The molecule has 2 heterocycles. The molecule has 0 unspecified atom stereocenters. The summed E-state index contributed by atoms with van der Waals surface area (Å²) in [7, 11) is 2.03. The van der Waals surface area contributed by atoms with Crippen molar-refractivity contribution in [2.75, 3.05) is 20.1 Å². The molecule has 0 bridgehead atoms. The number of halogens is 1. The van der Waals surface area contributed by atoms with Gasteiger partial charge in [-0.2, -0.15) is 0 Å². The van der Waals surface area contributed by atoms with E-state index in [0.717, 1.165) is 23.4 Å². The summed E-state index contributed by atoms with van der Waals surface area (Å²) in [5.41, 5.74) is 8.31. The summed E-state index contributed by atoms with van der Waals surface area (Å²) in [6.07, 6.45) is 1.75. The Kier molecular flexibility index (Phi) is 6.11. The molecule has 0 aromatic carbocycles. The topological polar surface area (TPSA) is 63.6 Å². The van der Waals surface area contributed by atoms with Crippen LogP contribution in [-0.4, -0.2) is 34.4 Å². The third-order valence-electron chi connectivity index (χ3n) is 3.62. The molecule has 2 aromatic heterocycles. The van der Waals surface area contributed by atoms with Crippen LogP contribution in [0.1, 0.15) is 25.1 Å². The van der Waals surface area contributed by atoms with Gasteiger partial charge in [-0.05, 0) is 37.6 Å². The van der Waals surface area contributed by atoms with E-state index < -0.39 is 0 Å². The number of rotatable bonds is 5. The number of nitrogens with two attached hydrogens (primary N) is 1. The first-order valence-electron chi connectivity index (χ1n) is 7.19. The highest BCUT2D eigenvalue weighted by Gasteiger charge is 2.18. The van der Waals surface area contributed by atoms with Gasteiger partial charge >= 0.3 is 0 Å². The Morgan fingerprint density at radius 2 is 2.09 bits per heavy atom. The van der Waals surface area contributed by atoms with Crippen molar-refractivity contribution in [3.8, 4) is 0 Å². The smallest absolute Gasteiger partial charge is 0.258 e. The van der Waals surface area contributed by atoms with E-state index in [2.05, 4.69) is 23.7 Å². The van der Waals surface area contributed by atoms with E-state index in [0.29, 0.717) is 13.1 Å². The number of aromatic nitrogens is 2. The van der Waals surface area contributed by atoms with Crippen LogP contribution in [0.25, 0.3) is 5.65 Å². The molecule has 0 amide bonds. The van der Waals surface area contributed by atoms with E-state index in [1.54, 1.807) is 16.7 Å². The van der Waals surface area contributed by atoms with Gasteiger partial charge in [-0.1, -0.05) is 19.9 Å². The van der Waals surface area contributed by atoms with E-state index >= 15 is 0 Å². The summed E-state index contributed by atoms with van der Waals surface area (Å²) in [6, 6.07) is 5.44. The zero-order valence-electron chi connectivity index (χ0n) is 13.7. The Morgan fingerprint density at radius 1 is 1.41 bits per heavy atom. The van der Waals surface area contributed by atoms with Crippen molar-refractivity contribution in [3.63, 3.8) is 0 Å². The van der Waals surface area contributed by atoms with Crippen LogP contribution in [0.4, 0.5) is 0 Å². The Bertz CT molecular complexity index is 696. The van der Waals surface area contributed by atoms with Gasteiger partial charge in [0, 0.05) is 25.4 Å². The van der Waals surface area contributed by atoms with Gasteiger partial charge in [-0.15, -0.1) is 12.4 Å². The van der Waals surface area contributed by atoms with Gasteiger partial charge in [0.1, 0.15) is 5.65 Å². The number of hydrogen-bond acceptors (Lipinski definition) is 4. The zero-order valence-corrected chi connectivity index (χ0v) is 14.5. The van der Waals surface area contributed by atoms with Crippen molar-refractivity contribution in [1.82, 2.24) is 14.3 Å². The predicted molar refractivity (Wildman–Crippen MR) is 92.6 cm³/mol. The Morgan fingerprint density at radius 3 is 2.73 bits per heavy atom. The minimum absolute atomic E-state index is 0. The van der Waals surface area contributed by atoms with Gasteiger partial charge in [0.15, 0.2) is 0 Å². The molecule has 122 valence electrons. The van der Waals surface area contributed by atoms with Crippen LogP contribution < -0.4 is 11.3 Å². The number of pyridine rings is 1. The molecule has 0 atom stereocenters. The van der Waals surface area contributed by atoms with Crippen LogP contribution in [0.5, 0.6) is 0 Å². The van der Waals surface area contributed by atoms with Gasteiger partial charge in [0.25, 0.3) is 5.56 Å². The second-order valence-corrected chi connectivity index (χ2v) is 6.51. The maximum Gasteiger partial charge on any atom is 0.258 e. The maximum atomic E-state index is 12.2. The third kappa shape index (κ3) is 4.29. The first-order valence-corrected chi connectivity index (χ1v) is 7.19. The SMILES string of the molecule is Cc1cccn2c(=O)cc(CN(C)CC(C)(C)CN)nc12.Cl. The highest BCUT2D eigenvalue weighted by molar-refractivity contribution is 5.85. The molecular weight excluding hydrogens is 300 g/mol. The average molecular weight is 325 g/mol. The van der Waals surface area contributed by atoms with Crippen molar-refractivity contribution >= 4 is 18.1 Å². The van der Waals surface area contributed by atoms with Gasteiger partial charge in [0.05, 0.1) is 5.69 Å². The highest BCUT2D eigenvalue weighted by atomic mass is 35.5. The molecule has 2 aromatic rings. The zero-order chi connectivity index (χ0) is 15.6. The molecule has 6 heteroatoms. The Balaban J connectivity index is 0.00000242. The van der Waals surface area contributed by atoms with E-state index in [-0.39, 0.29) is 23.4 Å². The van der Waals surface area contributed by atoms with Crippen LogP contribution in [0, 0.1) is 12.3 Å². The normalized spacial score (nSPS) is 11.7. The third-order valence-corrected chi connectivity index (χ3v) is 3.62. The Hall–Kier alpha value is -1.43. The van der Waals surface area contributed by atoms with Crippen molar-refractivity contribution < 1.29 is 0 Å². The number of aryl methyl sites for hydroxylation is 1. The molecule has 0 saturated carbocycles. The molecule has 22 heavy (non-hydrogen) atoms. The number of hydrogen-bond donors (Lipinski definition) is 1. The molecule has 0 aliphatic heterocycles. The minimum Gasteiger partial charge on any atom is -0.330 e. The molecule has 0 radical (unpaired) electrons. The maximum absolute atomic E-state index is 12.2. The Labute approximate surface area is 137 Å². The van der Waals surface area contributed by atoms with Crippen LogP contribution >= 0.6 is 12.4 Å². The second-order valence-electron chi connectivity index (χ2n) is 6.51. The largest absolute Gasteiger partial charge is 0.330 e. The minimum atomic E-state index is -0.0369. The van der Waals surface area contributed by atoms with Crippen LogP contribution in [0.2, 0.25) is 0 Å². The van der Waals surface area contributed by atoms with Crippen molar-refractivity contribution in [1.29, 1.82) is 0 Å². The van der Waals surface area contributed by atoms with Crippen LogP contribution in [0.15, 0.2) is 29.2 Å². The van der Waals surface area contributed by atoms with Crippen molar-refractivity contribution in [2.45, 2.75) is 27.3 Å². The summed E-state index contributed by atoms with van der Waals surface area (Å²) >= 11 is 0. The first kappa shape index (κ1) is 18.6. The summed E-state index contributed by atoms with van der Waals surface area (Å²) in [4.78, 5) is 18.9. The predicted octanol–water partition coefficient (Wildman–Crippen LogP) is 1.84. The lowest BCUT2D eigenvalue weighted by atomic mass is 9.93. The van der Waals surface area contributed by atoms with Crippen molar-refractivity contribution in [2.24, 2.45) is 11.1 Å². The highest BCUT2D eigenvalue weighted by Crippen LogP contribution is 2.15. The summed E-state index contributed by atoms with van der Waals surface area (Å²) in [5.74, 6) is 0. The van der Waals surface area contributed by atoms with E-state index in [1.165, 1.54) is 0 Å². The lowest BCUT2D eigenvalue weighted by molar-refractivity contribution is 0.208. The summed E-state index contributed by atoms with van der Waals surface area (Å²) in [6.45, 7) is 8.37. The fraction of sp³-hybridized carbons (Fsp3) is 0.500. The molecule has 0 fully saturated rings. The molecule has 2 rings (SSSR count). The first-order chi connectivity index (χ1) is 9.82. The quantitative estimate of drug-likeness (QED) is 0.911. The summed E-state index contributed by atoms with van der Waals surface area (Å²) in [5, 5.41) is 0. The van der Waals surface area contributed by atoms with Gasteiger partial charge in [0.2, 0.25) is 0 Å². The van der Waals surface area contributed by atoms with Crippen molar-refractivity contribution in [3.05, 3.63) is 46.0 Å². The van der Waals surface area contributed by atoms with Gasteiger partial charge in [-0.3, -0.25) is 14.1 Å².